The van der Waals surface area contributed by atoms with E-state index < -0.39 is 0 Å². The number of hydrogen-bond donors (Lipinski definition) is 3. The molecule has 0 aromatic heterocycles. The van der Waals surface area contributed by atoms with Gasteiger partial charge >= 0.3 is 0 Å². The van der Waals surface area contributed by atoms with Gasteiger partial charge in [-0.3, -0.25) is 0 Å². The SMILES string of the molecule is C[C@@]12CCC[C@H]1[C@@H]1[C@H](O)[C@H](CO)C3CC(=NOC4CNC4)CC[C@]3(C)[C@H]1CC2. The fraction of sp³-hybridized carbons (Fsp3) is 0.957. The Hall–Kier alpha value is -0.650. The fourth-order valence-corrected chi connectivity index (χ4v) is 8.05. The van der Waals surface area contributed by atoms with E-state index in [2.05, 4.69) is 24.3 Å². The Kier molecular flexibility index (Phi) is 4.80. The van der Waals surface area contributed by atoms with Gasteiger partial charge in [-0.2, -0.15) is 0 Å². The number of fused-ring (bicyclic) bond motifs is 5. The summed E-state index contributed by atoms with van der Waals surface area (Å²) in [4.78, 5) is 5.70. The minimum absolute atomic E-state index is 0.0231. The molecule has 0 bridgehead atoms. The van der Waals surface area contributed by atoms with Crippen molar-refractivity contribution in [3.8, 4) is 0 Å². The molecule has 5 heteroatoms. The summed E-state index contributed by atoms with van der Waals surface area (Å²) < 4.78 is 0. The average Bonchev–Trinajstić information content (AvgIpc) is 3.03. The summed E-state index contributed by atoms with van der Waals surface area (Å²) in [5.41, 5.74) is 1.76. The largest absolute Gasteiger partial charge is 0.396 e. The second-order valence-electron chi connectivity index (χ2n) is 11.1. The highest BCUT2D eigenvalue weighted by Gasteiger charge is 2.63. The first-order chi connectivity index (χ1) is 13.5. The third-order valence-electron chi connectivity index (χ3n) is 9.85. The molecule has 5 fully saturated rings. The first-order valence-electron chi connectivity index (χ1n) is 11.7. The van der Waals surface area contributed by atoms with E-state index in [1.54, 1.807) is 0 Å². The summed E-state index contributed by atoms with van der Waals surface area (Å²) >= 11 is 0. The quantitative estimate of drug-likeness (QED) is 0.648. The van der Waals surface area contributed by atoms with Gasteiger partial charge in [0.1, 0.15) is 0 Å². The van der Waals surface area contributed by atoms with Crippen LogP contribution in [0.4, 0.5) is 0 Å². The van der Waals surface area contributed by atoms with Gasteiger partial charge in [0.15, 0.2) is 6.10 Å². The van der Waals surface area contributed by atoms with Crippen LogP contribution in [-0.2, 0) is 4.84 Å². The van der Waals surface area contributed by atoms with Crippen LogP contribution in [0.5, 0.6) is 0 Å². The van der Waals surface area contributed by atoms with Gasteiger partial charge in [0.25, 0.3) is 0 Å². The van der Waals surface area contributed by atoms with Gasteiger partial charge in [-0.05, 0) is 79.4 Å². The Morgan fingerprint density at radius 1 is 1.11 bits per heavy atom. The first-order valence-corrected chi connectivity index (χ1v) is 11.7. The summed E-state index contributed by atoms with van der Waals surface area (Å²) in [5, 5.41) is 29.5. The van der Waals surface area contributed by atoms with Crippen molar-refractivity contribution in [1.82, 2.24) is 5.32 Å². The van der Waals surface area contributed by atoms with Gasteiger partial charge in [-0.25, -0.2) is 0 Å². The second-order valence-corrected chi connectivity index (χ2v) is 11.1. The van der Waals surface area contributed by atoms with Crippen LogP contribution in [-0.4, -0.2) is 47.8 Å². The van der Waals surface area contributed by atoms with Crippen molar-refractivity contribution in [3.63, 3.8) is 0 Å². The lowest BCUT2D eigenvalue weighted by molar-refractivity contribution is -0.188. The smallest absolute Gasteiger partial charge is 0.152 e. The van der Waals surface area contributed by atoms with Crippen LogP contribution in [0.2, 0.25) is 0 Å². The summed E-state index contributed by atoms with van der Waals surface area (Å²) in [6.45, 7) is 6.80. The molecular formula is C23H38N2O3. The molecule has 4 saturated carbocycles. The predicted octanol–water partition coefficient (Wildman–Crippen LogP) is 2.95. The predicted molar refractivity (Wildman–Crippen MR) is 109 cm³/mol. The van der Waals surface area contributed by atoms with Crippen molar-refractivity contribution in [2.45, 2.75) is 77.4 Å². The molecule has 1 heterocycles. The van der Waals surface area contributed by atoms with Crippen LogP contribution >= 0.6 is 0 Å². The Morgan fingerprint density at radius 2 is 1.93 bits per heavy atom. The number of rotatable bonds is 3. The molecular weight excluding hydrogens is 352 g/mol. The van der Waals surface area contributed by atoms with Crippen LogP contribution < -0.4 is 5.32 Å². The van der Waals surface area contributed by atoms with E-state index in [-0.39, 0.29) is 30.1 Å². The second kappa shape index (κ2) is 6.95. The molecule has 0 aromatic carbocycles. The minimum Gasteiger partial charge on any atom is -0.396 e. The summed E-state index contributed by atoms with van der Waals surface area (Å²) in [5.74, 6) is 1.89. The van der Waals surface area contributed by atoms with E-state index in [4.69, 9.17) is 4.84 Å². The number of nitrogens with one attached hydrogen (secondary N) is 1. The van der Waals surface area contributed by atoms with Crippen LogP contribution in [0.3, 0.4) is 0 Å². The number of aliphatic hydroxyl groups excluding tert-OH is 2. The Balaban J connectivity index is 1.42. The Bertz CT molecular complexity index is 635. The number of nitrogens with zero attached hydrogens (tertiary/aromatic N) is 1. The lowest BCUT2D eigenvalue weighted by atomic mass is 9.42. The molecule has 0 radical (unpaired) electrons. The van der Waals surface area contributed by atoms with Crippen molar-refractivity contribution in [2.24, 2.45) is 45.6 Å². The third-order valence-corrected chi connectivity index (χ3v) is 9.85. The summed E-state index contributed by atoms with van der Waals surface area (Å²) in [6, 6.07) is 0. The van der Waals surface area contributed by atoms with Gasteiger partial charge in [-0.15, -0.1) is 0 Å². The first kappa shape index (κ1) is 19.3. The van der Waals surface area contributed by atoms with Gasteiger partial charge in [0.2, 0.25) is 0 Å². The topological polar surface area (TPSA) is 74.1 Å². The molecule has 28 heavy (non-hydrogen) atoms. The monoisotopic (exact) mass is 390 g/mol. The molecule has 1 aliphatic heterocycles. The minimum atomic E-state index is -0.369. The number of oxime groups is 1. The van der Waals surface area contributed by atoms with E-state index in [1.807, 2.05) is 0 Å². The molecule has 158 valence electrons. The molecule has 4 aliphatic carbocycles. The molecule has 5 aliphatic rings. The van der Waals surface area contributed by atoms with Crippen molar-refractivity contribution in [3.05, 3.63) is 0 Å². The molecule has 0 amide bonds. The zero-order chi connectivity index (χ0) is 19.5. The van der Waals surface area contributed by atoms with Gasteiger partial charge in [0, 0.05) is 25.6 Å². The van der Waals surface area contributed by atoms with Crippen molar-refractivity contribution >= 4 is 5.71 Å². The fourth-order valence-electron chi connectivity index (χ4n) is 8.05. The van der Waals surface area contributed by atoms with E-state index in [0.29, 0.717) is 29.1 Å². The van der Waals surface area contributed by atoms with Crippen molar-refractivity contribution < 1.29 is 15.1 Å². The maximum absolute atomic E-state index is 11.5. The van der Waals surface area contributed by atoms with Crippen LogP contribution in [0, 0.1) is 40.4 Å². The van der Waals surface area contributed by atoms with E-state index in [9.17, 15) is 10.2 Å². The molecule has 5 nitrogen and oxygen atoms in total. The molecule has 8 atom stereocenters. The molecule has 1 unspecified atom stereocenters. The normalized spacial score (nSPS) is 52.5. The molecule has 5 rings (SSSR count). The maximum atomic E-state index is 11.5. The molecule has 0 spiro atoms. The van der Waals surface area contributed by atoms with Gasteiger partial charge in [0.05, 0.1) is 11.8 Å². The zero-order valence-corrected chi connectivity index (χ0v) is 17.6. The van der Waals surface area contributed by atoms with E-state index in [1.165, 1.54) is 32.1 Å². The average molecular weight is 391 g/mol. The molecule has 0 aromatic rings. The zero-order valence-electron chi connectivity index (χ0n) is 17.6. The van der Waals surface area contributed by atoms with Crippen LogP contribution in [0.15, 0.2) is 5.16 Å². The van der Waals surface area contributed by atoms with E-state index >= 15 is 0 Å². The van der Waals surface area contributed by atoms with Crippen LogP contribution in [0.1, 0.15) is 65.2 Å². The maximum Gasteiger partial charge on any atom is 0.152 e. The van der Waals surface area contributed by atoms with E-state index in [0.717, 1.165) is 38.1 Å². The number of hydrogen-bond acceptors (Lipinski definition) is 5. The highest BCUT2D eigenvalue weighted by molar-refractivity contribution is 5.85. The highest BCUT2D eigenvalue weighted by atomic mass is 16.6. The van der Waals surface area contributed by atoms with Crippen molar-refractivity contribution in [1.29, 1.82) is 0 Å². The standard InChI is InChI=1S/C23H38N2O3/c1-22-7-3-4-17(22)20-18(6-8-22)23(2)9-5-14(25-28-15-11-24-12-15)10-19(23)16(13-26)21(20)27/h15-21,24,26-27H,3-13H2,1-2H3/t16-,17+,18+,19?,20+,21-,22+,23-/m1/s1. The highest BCUT2D eigenvalue weighted by Crippen LogP contribution is 2.67. The molecule has 3 N–H and O–H groups in total. The summed E-state index contributed by atoms with van der Waals surface area (Å²) in [6.07, 6.45) is 9.32. The van der Waals surface area contributed by atoms with Crippen LogP contribution in [0.25, 0.3) is 0 Å². The lowest BCUT2D eigenvalue weighted by Crippen LogP contribution is -2.62. The van der Waals surface area contributed by atoms with Gasteiger partial charge < -0.3 is 20.4 Å². The van der Waals surface area contributed by atoms with Gasteiger partial charge in [-0.1, -0.05) is 25.4 Å². The molecule has 1 saturated heterocycles. The summed E-state index contributed by atoms with van der Waals surface area (Å²) in [7, 11) is 0. The van der Waals surface area contributed by atoms with Crippen molar-refractivity contribution in [2.75, 3.05) is 19.7 Å². The lowest BCUT2D eigenvalue weighted by Gasteiger charge is -2.63. The number of aliphatic hydroxyl groups is 2. The Morgan fingerprint density at radius 3 is 2.64 bits per heavy atom. The Labute approximate surface area is 169 Å². The third kappa shape index (κ3) is 2.79.